The lowest BCUT2D eigenvalue weighted by atomic mass is 9.65. The molecule has 10 aromatic rings. The summed E-state index contributed by atoms with van der Waals surface area (Å²) in [5.74, 6) is 1.95. The van der Waals surface area contributed by atoms with Crippen LogP contribution in [-0.2, 0) is 9.98 Å². The molecule has 1 aromatic heterocycles. The number of benzene rings is 9. The van der Waals surface area contributed by atoms with Crippen LogP contribution in [0, 0.1) is 0 Å². The summed E-state index contributed by atoms with van der Waals surface area (Å²) in [6, 6.07) is 79.9. The maximum atomic E-state index is 15.6. The molecule has 0 saturated heterocycles. The van der Waals surface area contributed by atoms with Crippen molar-refractivity contribution < 1.29 is 4.57 Å². The molecule has 0 atom stereocenters. The van der Waals surface area contributed by atoms with Crippen LogP contribution in [0.5, 0.6) is 0 Å². The Morgan fingerprint density at radius 2 is 0.758 bits per heavy atom. The van der Waals surface area contributed by atoms with E-state index in [9.17, 15) is 0 Å². The van der Waals surface area contributed by atoms with Gasteiger partial charge in [0.05, 0.1) is 0 Å². The quantitative estimate of drug-likeness (QED) is 0.129. The summed E-state index contributed by atoms with van der Waals surface area (Å²) in [6.45, 7) is 0. The average molecular weight is 870 g/mol. The maximum Gasteiger partial charge on any atom is 0.171 e. The van der Waals surface area contributed by atoms with Crippen molar-refractivity contribution in [1.29, 1.82) is 0 Å². The van der Waals surface area contributed by atoms with Crippen molar-refractivity contribution in [2.75, 3.05) is 0 Å². The molecule has 0 N–H and O–H groups in total. The zero-order valence-corrected chi connectivity index (χ0v) is 37.6. The van der Waals surface area contributed by atoms with E-state index in [1.807, 2.05) is 84.9 Å². The summed E-state index contributed by atoms with van der Waals surface area (Å²) in [5.41, 5.74) is 9.88. The molecule has 66 heavy (non-hydrogen) atoms. The molecule has 318 valence electrons. The van der Waals surface area contributed by atoms with Gasteiger partial charge in [0.15, 0.2) is 24.6 Å². The van der Waals surface area contributed by atoms with Crippen molar-refractivity contribution in [3.05, 3.63) is 242 Å². The van der Waals surface area contributed by atoms with Crippen LogP contribution in [0.2, 0.25) is 0 Å². The van der Waals surface area contributed by atoms with E-state index in [0.717, 1.165) is 78.5 Å². The van der Waals surface area contributed by atoms with Gasteiger partial charge in [-0.1, -0.05) is 244 Å². The summed E-state index contributed by atoms with van der Waals surface area (Å²) in [5, 5.41) is 4.65. The number of hydrogen-bond donors (Lipinski definition) is 0. The van der Waals surface area contributed by atoms with E-state index in [4.69, 9.17) is 15.0 Å². The van der Waals surface area contributed by atoms with E-state index in [-0.39, 0.29) is 5.41 Å². The van der Waals surface area contributed by atoms with Gasteiger partial charge in [-0.2, -0.15) is 0 Å². The van der Waals surface area contributed by atoms with Gasteiger partial charge in [-0.25, -0.2) is 15.0 Å². The van der Waals surface area contributed by atoms with Gasteiger partial charge in [0.25, 0.3) is 0 Å². The van der Waals surface area contributed by atoms with E-state index in [0.29, 0.717) is 17.5 Å². The fraction of sp³-hybridized carbons (Fsp3) is 0.0984. The lowest BCUT2D eigenvalue weighted by molar-refractivity contribution is 0.346. The predicted octanol–water partition coefficient (Wildman–Crippen LogP) is 14.2. The maximum absolute atomic E-state index is 15.6. The summed E-state index contributed by atoms with van der Waals surface area (Å²) in [4.78, 5) is 15.3. The van der Waals surface area contributed by atoms with Crippen molar-refractivity contribution in [3.8, 4) is 56.4 Å². The highest BCUT2D eigenvalue weighted by atomic mass is 31.2. The fourth-order valence-corrected chi connectivity index (χ4v) is 13.1. The highest BCUT2D eigenvalue weighted by Gasteiger charge is 2.36. The molecule has 5 heteroatoms. The van der Waals surface area contributed by atoms with Gasteiger partial charge < -0.3 is 4.57 Å². The second kappa shape index (κ2) is 17.8. The Bertz CT molecular complexity index is 3290. The van der Waals surface area contributed by atoms with Crippen molar-refractivity contribution >= 4 is 33.8 Å². The summed E-state index contributed by atoms with van der Waals surface area (Å²) < 4.78 is 15.6. The Kier molecular flexibility index (Phi) is 11.1. The van der Waals surface area contributed by atoms with Gasteiger partial charge in [-0.15, -0.1) is 0 Å². The van der Waals surface area contributed by atoms with Crippen LogP contribution in [0.3, 0.4) is 0 Å². The Hall–Kier alpha value is -7.52. The summed E-state index contributed by atoms with van der Waals surface area (Å²) in [7, 11) is -3.18. The van der Waals surface area contributed by atoms with Gasteiger partial charge in [0.1, 0.15) is 0 Å². The first-order valence-corrected chi connectivity index (χ1v) is 24.7. The Balaban J connectivity index is 0.956. The molecule has 0 amide bonds. The largest absolute Gasteiger partial charge is 0.309 e. The lowest BCUT2D eigenvalue weighted by Gasteiger charge is -2.39. The lowest BCUT2D eigenvalue weighted by Crippen LogP contribution is -2.30. The van der Waals surface area contributed by atoms with Crippen LogP contribution in [0.4, 0.5) is 0 Å². The molecule has 1 saturated carbocycles. The van der Waals surface area contributed by atoms with Crippen LogP contribution in [-0.4, -0.2) is 15.0 Å². The normalized spacial score (nSPS) is 13.6. The minimum Gasteiger partial charge on any atom is -0.309 e. The Morgan fingerprint density at radius 1 is 0.333 bits per heavy atom. The van der Waals surface area contributed by atoms with Gasteiger partial charge in [0.2, 0.25) is 0 Å². The van der Waals surface area contributed by atoms with Crippen molar-refractivity contribution in [1.82, 2.24) is 15.0 Å². The van der Waals surface area contributed by atoms with Crippen LogP contribution in [0.1, 0.15) is 43.2 Å². The number of nitrogens with zero attached hydrogens (tertiary/aromatic N) is 3. The van der Waals surface area contributed by atoms with E-state index in [1.165, 1.54) is 30.4 Å². The molecule has 0 bridgehead atoms. The first-order valence-electron chi connectivity index (χ1n) is 23.0. The minimum atomic E-state index is -3.18. The van der Waals surface area contributed by atoms with E-state index < -0.39 is 7.14 Å². The Morgan fingerprint density at radius 3 is 1.33 bits per heavy atom. The molecular weight excluding hydrogens is 822 g/mol. The Labute approximate surface area is 387 Å². The minimum absolute atomic E-state index is 0.118. The molecular formula is C61H48N3OP. The SMILES string of the molecule is O=P(c1ccccc1)(c1ccccc1)c1ccc(-c2ccc(C3(c4ccc(-c5nc(-c6ccccc6)nc(-c6ccccc6-c6ccccc6)n5)cc4)CCCCC3)cc2)c2ccccc12. The fourth-order valence-electron chi connectivity index (χ4n) is 10.2. The third-order valence-corrected chi connectivity index (χ3v) is 16.7. The third-order valence-electron chi connectivity index (χ3n) is 13.6. The number of rotatable bonds is 10. The standard InChI is InChI=1S/C61H48N3OP/c65-66(50-24-10-3-11-25-50,51-26-12-4-13-27-51)57-41-40-53(54-29-15-16-30-55(54)57)45-32-36-48(37-33-45)61(42-18-5-19-43-61)49-38-34-47(35-39-49)59-62-58(46-22-8-2-9-23-46)63-60(64-59)56-31-17-14-28-52(56)44-20-6-1-7-21-44/h1-4,6-17,20-41H,5,18-19,42-43H2. The molecule has 0 aliphatic heterocycles. The van der Waals surface area contributed by atoms with Crippen LogP contribution in [0.25, 0.3) is 67.2 Å². The van der Waals surface area contributed by atoms with Crippen molar-refractivity contribution in [2.45, 2.75) is 37.5 Å². The second-order valence-electron chi connectivity index (χ2n) is 17.3. The molecule has 1 aliphatic carbocycles. The molecule has 1 aliphatic rings. The van der Waals surface area contributed by atoms with Gasteiger partial charge in [-0.3, -0.25) is 0 Å². The van der Waals surface area contributed by atoms with Gasteiger partial charge >= 0.3 is 0 Å². The topological polar surface area (TPSA) is 55.7 Å². The second-order valence-corrected chi connectivity index (χ2v) is 20.1. The first kappa shape index (κ1) is 41.2. The monoisotopic (exact) mass is 869 g/mol. The van der Waals surface area contributed by atoms with Crippen molar-refractivity contribution in [3.63, 3.8) is 0 Å². The number of aromatic nitrogens is 3. The number of fused-ring (bicyclic) bond motifs is 1. The molecule has 0 unspecified atom stereocenters. The van der Waals surface area contributed by atoms with E-state index in [1.54, 1.807) is 0 Å². The summed E-state index contributed by atoms with van der Waals surface area (Å²) in [6.07, 6.45) is 5.77. The van der Waals surface area contributed by atoms with Crippen LogP contribution in [0.15, 0.2) is 231 Å². The molecule has 1 heterocycles. The smallest absolute Gasteiger partial charge is 0.171 e. The zero-order chi connectivity index (χ0) is 44.3. The molecule has 11 rings (SSSR count). The highest BCUT2D eigenvalue weighted by molar-refractivity contribution is 7.85. The van der Waals surface area contributed by atoms with E-state index in [2.05, 4.69) is 146 Å². The highest BCUT2D eigenvalue weighted by Crippen LogP contribution is 2.48. The van der Waals surface area contributed by atoms with Crippen LogP contribution < -0.4 is 15.9 Å². The average Bonchev–Trinajstić information content (AvgIpc) is 3.41. The third kappa shape index (κ3) is 7.58. The molecule has 0 radical (unpaired) electrons. The molecule has 4 nitrogen and oxygen atoms in total. The predicted molar refractivity (Wildman–Crippen MR) is 274 cm³/mol. The van der Waals surface area contributed by atoms with Crippen molar-refractivity contribution in [2.24, 2.45) is 0 Å². The first-order chi connectivity index (χ1) is 32.6. The zero-order valence-electron chi connectivity index (χ0n) is 36.7. The summed E-state index contributed by atoms with van der Waals surface area (Å²) >= 11 is 0. The van der Waals surface area contributed by atoms with E-state index >= 15 is 4.57 Å². The number of hydrogen-bond acceptors (Lipinski definition) is 4. The molecule has 9 aromatic carbocycles. The van der Waals surface area contributed by atoms with Crippen LogP contribution >= 0.6 is 7.14 Å². The molecule has 1 fully saturated rings. The molecule has 0 spiro atoms. The van der Waals surface area contributed by atoms with Gasteiger partial charge in [0, 0.05) is 38.0 Å². The van der Waals surface area contributed by atoms with Gasteiger partial charge in [-0.05, 0) is 63.1 Å².